The van der Waals surface area contributed by atoms with Crippen molar-refractivity contribution in [2.75, 3.05) is 19.6 Å². The molecular formula is C28H30FNO3S. The fourth-order valence-corrected chi connectivity index (χ4v) is 5.80. The maximum absolute atomic E-state index is 13.1. The molecule has 6 heteroatoms. The summed E-state index contributed by atoms with van der Waals surface area (Å²) in [7, 11) is 0. The highest BCUT2D eigenvalue weighted by molar-refractivity contribution is 7.94. The SMILES string of the molecule is OSC(CN1C[C@H]2CC(Oc3ccc(F)cc3)C[C@H]2C1)c1ccc(OCc2ccccc2)cc1. The van der Waals surface area contributed by atoms with Crippen molar-refractivity contribution in [3.63, 3.8) is 0 Å². The Balaban J connectivity index is 1.10. The average molecular weight is 480 g/mol. The van der Waals surface area contributed by atoms with E-state index in [4.69, 9.17) is 9.47 Å². The molecule has 1 heterocycles. The zero-order valence-corrected chi connectivity index (χ0v) is 19.9. The molecule has 34 heavy (non-hydrogen) atoms. The number of fused-ring (bicyclic) bond motifs is 1. The number of halogens is 1. The van der Waals surface area contributed by atoms with Crippen molar-refractivity contribution in [2.24, 2.45) is 11.8 Å². The lowest BCUT2D eigenvalue weighted by Gasteiger charge is -2.24. The Bertz CT molecular complexity index is 1030. The van der Waals surface area contributed by atoms with E-state index in [1.165, 1.54) is 12.1 Å². The Morgan fingerprint density at radius 1 is 0.882 bits per heavy atom. The van der Waals surface area contributed by atoms with Crippen molar-refractivity contribution in [1.29, 1.82) is 0 Å². The fraction of sp³-hybridized carbons (Fsp3) is 0.357. The van der Waals surface area contributed by atoms with Gasteiger partial charge in [-0.1, -0.05) is 42.5 Å². The van der Waals surface area contributed by atoms with Crippen LogP contribution in [0.5, 0.6) is 11.5 Å². The molecule has 1 aliphatic heterocycles. The van der Waals surface area contributed by atoms with Gasteiger partial charge in [-0.2, -0.15) is 0 Å². The summed E-state index contributed by atoms with van der Waals surface area (Å²) in [6, 6.07) is 24.5. The third kappa shape index (κ3) is 5.74. The van der Waals surface area contributed by atoms with Gasteiger partial charge < -0.3 is 18.9 Å². The van der Waals surface area contributed by atoms with Crippen LogP contribution in [-0.2, 0) is 6.61 Å². The summed E-state index contributed by atoms with van der Waals surface area (Å²) in [6.45, 7) is 3.43. The first kappa shape index (κ1) is 23.2. The van der Waals surface area contributed by atoms with E-state index in [0.717, 1.165) is 67.1 Å². The van der Waals surface area contributed by atoms with Crippen LogP contribution in [0.1, 0.15) is 29.2 Å². The molecule has 4 atom stereocenters. The molecule has 0 spiro atoms. The lowest BCUT2D eigenvalue weighted by Crippen LogP contribution is -2.28. The number of ether oxygens (including phenoxy) is 2. The monoisotopic (exact) mass is 479 g/mol. The van der Waals surface area contributed by atoms with Gasteiger partial charge in [0.2, 0.25) is 0 Å². The summed E-state index contributed by atoms with van der Waals surface area (Å²) in [5.41, 5.74) is 2.24. The lowest BCUT2D eigenvalue weighted by molar-refractivity contribution is 0.185. The summed E-state index contributed by atoms with van der Waals surface area (Å²) in [4.78, 5) is 2.47. The van der Waals surface area contributed by atoms with Crippen LogP contribution in [0.3, 0.4) is 0 Å². The van der Waals surface area contributed by atoms with Crippen LogP contribution in [0.2, 0.25) is 0 Å². The fourth-order valence-electron chi connectivity index (χ4n) is 5.25. The van der Waals surface area contributed by atoms with E-state index in [9.17, 15) is 8.94 Å². The molecule has 178 valence electrons. The molecule has 3 aromatic rings. The Morgan fingerprint density at radius 2 is 1.53 bits per heavy atom. The van der Waals surface area contributed by atoms with Crippen molar-refractivity contribution in [3.8, 4) is 11.5 Å². The summed E-state index contributed by atoms with van der Waals surface area (Å²) < 4.78 is 35.1. The Morgan fingerprint density at radius 3 is 2.18 bits per heavy atom. The predicted molar refractivity (Wildman–Crippen MR) is 134 cm³/mol. The van der Waals surface area contributed by atoms with Gasteiger partial charge in [0.05, 0.1) is 11.4 Å². The van der Waals surface area contributed by atoms with Crippen LogP contribution >= 0.6 is 12.0 Å². The van der Waals surface area contributed by atoms with Gasteiger partial charge in [0, 0.05) is 19.6 Å². The molecule has 4 nitrogen and oxygen atoms in total. The standard InChI is InChI=1S/C28H30FNO3S/c29-24-8-12-26(13-9-24)33-27-14-22-16-30(17-23(22)15-27)18-28(34-31)21-6-10-25(11-7-21)32-19-20-4-2-1-3-5-20/h1-13,22-23,27-28,31H,14-19H2/t22-,23+,27?,28?. The average Bonchev–Trinajstić information content (AvgIpc) is 3.42. The molecule has 1 saturated heterocycles. The van der Waals surface area contributed by atoms with Gasteiger partial charge in [-0.05, 0) is 84.2 Å². The predicted octanol–water partition coefficient (Wildman–Crippen LogP) is 6.44. The maximum Gasteiger partial charge on any atom is 0.123 e. The quantitative estimate of drug-likeness (QED) is 0.358. The van der Waals surface area contributed by atoms with Crippen molar-refractivity contribution in [2.45, 2.75) is 30.8 Å². The highest BCUT2D eigenvalue weighted by Gasteiger charge is 2.42. The van der Waals surface area contributed by atoms with Gasteiger partial charge in [0.1, 0.15) is 23.9 Å². The molecule has 0 bridgehead atoms. The van der Waals surface area contributed by atoms with Crippen molar-refractivity contribution < 1.29 is 18.4 Å². The van der Waals surface area contributed by atoms with E-state index >= 15 is 0 Å². The molecular weight excluding hydrogens is 449 g/mol. The van der Waals surface area contributed by atoms with E-state index in [-0.39, 0.29) is 17.2 Å². The molecule has 5 rings (SSSR count). The van der Waals surface area contributed by atoms with Gasteiger partial charge in [-0.3, -0.25) is 0 Å². The van der Waals surface area contributed by atoms with E-state index in [2.05, 4.69) is 29.2 Å². The minimum Gasteiger partial charge on any atom is -0.490 e. The first-order valence-electron chi connectivity index (χ1n) is 11.9. The summed E-state index contributed by atoms with van der Waals surface area (Å²) in [5, 5.41) is 0.00765. The molecule has 1 aliphatic carbocycles. The molecule has 0 amide bonds. The molecule has 1 N–H and O–H groups in total. The number of nitrogens with zero attached hydrogens (tertiary/aromatic N) is 1. The summed E-state index contributed by atoms with van der Waals surface area (Å²) >= 11 is 0.920. The van der Waals surface area contributed by atoms with Gasteiger partial charge in [-0.15, -0.1) is 0 Å². The van der Waals surface area contributed by atoms with Crippen LogP contribution in [0.25, 0.3) is 0 Å². The Labute approximate surface area is 204 Å². The molecule has 1 saturated carbocycles. The van der Waals surface area contributed by atoms with Crippen LogP contribution < -0.4 is 9.47 Å². The minimum absolute atomic E-state index is 0.00765. The first-order chi connectivity index (χ1) is 16.7. The second-order valence-electron chi connectivity index (χ2n) is 9.34. The van der Waals surface area contributed by atoms with E-state index < -0.39 is 0 Å². The Hall–Kier alpha value is -2.54. The summed E-state index contributed by atoms with van der Waals surface area (Å²) in [6.07, 6.45) is 2.26. The zero-order valence-electron chi connectivity index (χ0n) is 19.1. The highest BCUT2D eigenvalue weighted by Crippen LogP contribution is 2.41. The molecule has 0 radical (unpaired) electrons. The normalized spacial score (nSPS) is 22.9. The smallest absolute Gasteiger partial charge is 0.123 e. The number of hydrogen-bond acceptors (Lipinski definition) is 5. The van der Waals surface area contributed by atoms with Crippen molar-refractivity contribution in [1.82, 2.24) is 4.90 Å². The second-order valence-corrected chi connectivity index (χ2v) is 10.1. The van der Waals surface area contributed by atoms with Crippen LogP contribution in [0.15, 0.2) is 78.9 Å². The van der Waals surface area contributed by atoms with Gasteiger partial charge >= 0.3 is 0 Å². The number of benzene rings is 3. The Kier molecular flexibility index (Phi) is 7.38. The largest absolute Gasteiger partial charge is 0.490 e. The van der Waals surface area contributed by atoms with E-state index in [0.29, 0.717) is 18.4 Å². The highest BCUT2D eigenvalue weighted by atomic mass is 32.2. The van der Waals surface area contributed by atoms with Crippen molar-refractivity contribution in [3.05, 3.63) is 95.8 Å². The molecule has 2 unspecified atom stereocenters. The van der Waals surface area contributed by atoms with Crippen molar-refractivity contribution >= 4 is 12.0 Å². The molecule has 2 fully saturated rings. The van der Waals surface area contributed by atoms with Crippen LogP contribution in [-0.4, -0.2) is 35.2 Å². The van der Waals surface area contributed by atoms with Gasteiger partial charge in [0.15, 0.2) is 0 Å². The van der Waals surface area contributed by atoms with E-state index in [1.54, 1.807) is 12.1 Å². The molecule has 2 aliphatic rings. The third-order valence-corrected chi connectivity index (χ3v) is 7.63. The van der Waals surface area contributed by atoms with Gasteiger partial charge in [-0.25, -0.2) is 4.39 Å². The minimum atomic E-state index is -0.239. The number of likely N-dealkylation sites (tertiary alicyclic amines) is 1. The maximum atomic E-state index is 13.1. The lowest BCUT2D eigenvalue weighted by atomic mass is 10.0. The second kappa shape index (κ2) is 10.8. The summed E-state index contributed by atoms with van der Waals surface area (Å²) in [5.74, 6) is 2.57. The zero-order chi connectivity index (χ0) is 23.3. The third-order valence-electron chi connectivity index (χ3n) is 6.95. The van der Waals surface area contributed by atoms with Crippen LogP contribution in [0, 0.1) is 17.7 Å². The van der Waals surface area contributed by atoms with Crippen LogP contribution in [0.4, 0.5) is 4.39 Å². The van der Waals surface area contributed by atoms with E-state index in [1.807, 2.05) is 30.3 Å². The molecule has 3 aromatic carbocycles. The number of hydrogen-bond donors (Lipinski definition) is 1. The molecule has 0 aromatic heterocycles. The van der Waals surface area contributed by atoms with Gasteiger partial charge in [0.25, 0.3) is 0 Å². The first-order valence-corrected chi connectivity index (χ1v) is 12.7. The topological polar surface area (TPSA) is 41.9 Å². The number of rotatable bonds is 9.